The van der Waals surface area contributed by atoms with Crippen LogP contribution in [0, 0.1) is 0 Å². The van der Waals surface area contributed by atoms with Gasteiger partial charge in [-0.15, -0.1) is 11.3 Å². The molecule has 3 nitrogen and oxygen atoms in total. The van der Waals surface area contributed by atoms with Gasteiger partial charge in [0.05, 0.1) is 0 Å². The second kappa shape index (κ2) is 7.84. The van der Waals surface area contributed by atoms with Gasteiger partial charge in [0.25, 0.3) is 0 Å². The molecule has 1 aromatic carbocycles. The van der Waals surface area contributed by atoms with Crippen LogP contribution in [0.4, 0.5) is 5.69 Å². The fraction of sp³-hybridized carbons (Fsp3) is 0.353. The Morgan fingerprint density at radius 1 is 1.24 bits per heavy atom. The molecule has 0 spiro atoms. The van der Waals surface area contributed by atoms with Crippen molar-refractivity contribution in [1.29, 1.82) is 0 Å². The first-order chi connectivity index (χ1) is 10.2. The smallest absolute Gasteiger partial charge is 0.222 e. The Hall–Kier alpha value is -1.81. The normalized spacial score (nSPS) is 10.5. The van der Waals surface area contributed by atoms with Gasteiger partial charge < -0.3 is 10.6 Å². The molecule has 0 saturated carbocycles. The molecule has 1 aromatic heterocycles. The van der Waals surface area contributed by atoms with E-state index in [1.54, 1.807) is 11.3 Å². The number of amides is 1. The summed E-state index contributed by atoms with van der Waals surface area (Å²) in [5, 5.41) is 2.08. The Labute approximate surface area is 130 Å². The molecule has 4 heteroatoms. The predicted octanol–water partition coefficient (Wildman–Crippen LogP) is 3.70. The molecule has 0 radical (unpaired) electrons. The van der Waals surface area contributed by atoms with E-state index in [1.165, 1.54) is 4.88 Å². The Morgan fingerprint density at radius 2 is 2.05 bits per heavy atom. The van der Waals surface area contributed by atoms with Crippen LogP contribution in [0.15, 0.2) is 41.8 Å². The number of thiophene rings is 1. The number of rotatable bonds is 7. The lowest BCUT2D eigenvalue weighted by molar-refractivity contribution is -0.131. The van der Waals surface area contributed by atoms with Crippen molar-refractivity contribution in [3.8, 4) is 0 Å². The Balaban J connectivity index is 1.85. The quantitative estimate of drug-likeness (QED) is 0.793. The lowest BCUT2D eigenvalue weighted by atomic mass is 10.1. The molecule has 112 valence electrons. The molecule has 0 unspecified atom stereocenters. The SMILES string of the molecule is CCN(Cc1ccccc1N)C(=O)CCCc1cccs1. The minimum absolute atomic E-state index is 0.206. The van der Waals surface area contributed by atoms with Gasteiger partial charge in [-0.2, -0.15) is 0 Å². The van der Waals surface area contributed by atoms with E-state index < -0.39 is 0 Å². The van der Waals surface area contributed by atoms with Gasteiger partial charge in [-0.1, -0.05) is 24.3 Å². The zero-order chi connectivity index (χ0) is 15.1. The summed E-state index contributed by atoms with van der Waals surface area (Å²) in [6.45, 7) is 3.32. The molecule has 0 aliphatic carbocycles. The van der Waals surface area contributed by atoms with E-state index in [2.05, 4.69) is 17.5 Å². The highest BCUT2D eigenvalue weighted by atomic mass is 32.1. The van der Waals surface area contributed by atoms with Gasteiger partial charge >= 0.3 is 0 Å². The summed E-state index contributed by atoms with van der Waals surface area (Å²) in [5.74, 6) is 0.206. The van der Waals surface area contributed by atoms with Crippen molar-refractivity contribution in [3.63, 3.8) is 0 Å². The minimum atomic E-state index is 0.206. The van der Waals surface area contributed by atoms with Crippen molar-refractivity contribution < 1.29 is 4.79 Å². The van der Waals surface area contributed by atoms with E-state index in [1.807, 2.05) is 36.1 Å². The topological polar surface area (TPSA) is 46.3 Å². The average Bonchev–Trinajstić information content (AvgIpc) is 2.99. The Bertz CT molecular complexity index is 566. The van der Waals surface area contributed by atoms with E-state index in [0.29, 0.717) is 19.5 Å². The zero-order valence-electron chi connectivity index (χ0n) is 12.4. The summed E-state index contributed by atoms with van der Waals surface area (Å²) in [4.78, 5) is 15.5. The summed E-state index contributed by atoms with van der Waals surface area (Å²) in [7, 11) is 0. The van der Waals surface area contributed by atoms with Crippen molar-refractivity contribution in [1.82, 2.24) is 4.90 Å². The summed E-state index contributed by atoms with van der Waals surface area (Å²) in [6.07, 6.45) is 2.48. The molecule has 0 saturated heterocycles. The molecule has 2 N–H and O–H groups in total. The first kappa shape index (κ1) is 15.6. The number of hydrogen-bond donors (Lipinski definition) is 1. The fourth-order valence-corrected chi connectivity index (χ4v) is 3.04. The van der Waals surface area contributed by atoms with Gasteiger partial charge in [-0.3, -0.25) is 4.79 Å². The Morgan fingerprint density at radius 3 is 2.71 bits per heavy atom. The maximum Gasteiger partial charge on any atom is 0.222 e. The van der Waals surface area contributed by atoms with Crippen LogP contribution < -0.4 is 5.73 Å². The highest BCUT2D eigenvalue weighted by Gasteiger charge is 2.13. The molecule has 0 aliphatic rings. The monoisotopic (exact) mass is 302 g/mol. The lowest BCUT2D eigenvalue weighted by Crippen LogP contribution is -2.30. The van der Waals surface area contributed by atoms with Crippen LogP contribution in [0.5, 0.6) is 0 Å². The van der Waals surface area contributed by atoms with Crippen LogP contribution in [0.3, 0.4) is 0 Å². The molecule has 2 aromatic rings. The van der Waals surface area contributed by atoms with Crippen LogP contribution in [0.25, 0.3) is 0 Å². The molecular weight excluding hydrogens is 280 g/mol. The maximum absolute atomic E-state index is 12.3. The maximum atomic E-state index is 12.3. The van der Waals surface area contributed by atoms with Crippen LogP contribution in [-0.4, -0.2) is 17.4 Å². The number of nitrogens with two attached hydrogens (primary N) is 1. The third kappa shape index (κ3) is 4.60. The summed E-state index contributed by atoms with van der Waals surface area (Å²) in [6, 6.07) is 11.9. The first-order valence-electron chi connectivity index (χ1n) is 7.34. The van der Waals surface area contributed by atoms with Gasteiger partial charge in [0.15, 0.2) is 0 Å². The molecule has 21 heavy (non-hydrogen) atoms. The number of carbonyl (C=O) groups excluding carboxylic acids is 1. The standard InChI is InChI=1S/C17H22N2OS/c1-2-19(13-14-7-3-4-10-16(14)18)17(20)11-5-8-15-9-6-12-21-15/h3-4,6-7,9-10,12H,2,5,8,11,13,18H2,1H3. The van der Waals surface area contributed by atoms with Crippen molar-refractivity contribution in [2.45, 2.75) is 32.7 Å². The van der Waals surface area contributed by atoms with E-state index >= 15 is 0 Å². The number of nitrogens with zero attached hydrogens (tertiary/aromatic N) is 1. The molecule has 2 rings (SSSR count). The fourth-order valence-electron chi connectivity index (χ4n) is 2.29. The number of benzene rings is 1. The van der Waals surface area contributed by atoms with Gasteiger partial charge in [0.1, 0.15) is 0 Å². The van der Waals surface area contributed by atoms with E-state index in [-0.39, 0.29) is 5.91 Å². The van der Waals surface area contributed by atoms with Crippen LogP contribution >= 0.6 is 11.3 Å². The molecular formula is C17H22N2OS. The third-order valence-electron chi connectivity index (χ3n) is 3.54. The van der Waals surface area contributed by atoms with Crippen molar-refractivity contribution in [3.05, 3.63) is 52.2 Å². The Kier molecular flexibility index (Phi) is 5.81. The minimum Gasteiger partial charge on any atom is -0.398 e. The highest BCUT2D eigenvalue weighted by molar-refractivity contribution is 7.09. The second-order valence-electron chi connectivity index (χ2n) is 5.04. The van der Waals surface area contributed by atoms with Gasteiger partial charge in [0.2, 0.25) is 5.91 Å². The van der Waals surface area contributed by atoms with E-state index in [0.717, 1.165) is 24.1 Å². The predicted molar refractivity (Wildman–Crippen MR) is 89.2 cm³/mol. The summed E-state index contributed by atoms with van der Waals surface area (Å²) in [5.41, 5.74) is 7.72. The summed E-state index contributed by atoms with van der Waals surface area (Å²) >= 11 is 1.75. The largest absolute Gasteiger partial charge is 0.398 e. The third-order valence-corrected chi connectivity index (χ3v) is 4.48. The lowest BCUT2D eigenvalue weighted by Gasteiger charge is -2.21. The summed E-state index contributed by atoms with van der Waals surface area (Å²) < 4.78 is 0. The number of para-hydroxylation sites is 1. The molecule has 0 atom stereocenters. The zero-order valence-corrected chi connectivity index (χ0v) is 13.2. The highest BCUT2D eigenvalue weighted by Crippen LogP contribution is 2.16. The van der Waals surface area contributed by atoms with E-state index in [9.17, 15) is 4.79 Å². The molecule has 0 bridgehead atoms. The van der Waals surface area contributed by atoms with Gasteiger partial charge in [-0.05, 0) is 42.8 Å². The van der Waals surface area contributed by atoms with Crippen LogP contribution in [0.1, 0.15) is 30.2 Å². The van der Waals surface area contributed by atoms with Crippen LogP contribution in [-0.2, 0) is 17.8 Å². The molecule has 0 aliphatic heterocycles. The molecule has 0 fully saturated rings. The van der Waals surface area contributed by atoms with Crippen molar-refractivity contribution in [2.24, 2.45) is 0 Å². The number of nitrogen functional groups attached to an aromatic ring is 1. The average molecular weight is 302 g/mol. The number of carbonyl (C=O) groups is 1. The molecule has 1 amide bonds. The number of hydrogen-bond acceptors (Lipinski definition) is 3. The van der Waals surface area contributed by atoms with Gasteiger partial charge in [-0.25, -0.2) is 0 Å². The number of anilines is 1. The van der Waals surface area contributed by atoms with Crippen molar-refractivity contribution >= 4 is 22.9 Å². The van der Waals surface area contributed by atoms with Gasteiger partial charge in [0, 0.05) is 30.1 Å². The number of aryl methyl sites for hydroxylation is 1. The molecule has 1 heterocycles. The first-order valence-corrected chi connectivity index (χ1v) is 8.22. The van der Waals surface area contributed by atoms with Crippen LogP contribution in [0.2, 0.25) is 0 Å². The van der Waals surface area contributed by atoms with Crippen molar-refractivity contribution in [2.75, 3.05) is 12.3 Å². The second-order valence-corrected chi connectivity index (χ2v) is 6.07. The van der Waals surface area contributed by atoms with E-state index in [4.69, 9.17) is 5.73 Å².